The van der Waals surface area contributed by atoms with Crippen molar-refractivity contribution in [2.75, 3.05) is 49.5 Å². The fourth-order valence-corrected chi connectivity index (χ4v) is 3.35. The molecule has 2 aromatic rings. The largest absolute Gasteiger partial charge is 0.417 e. The van der Waals surface area contributed by atoms with Crippen LogP contribution >= 0.6 is 11.6 Å². The highest BCUT2D eigenvalue weighted by Crippen LogP contribution is 2.36. The quantitative estimate of drug-likeness (QED) is 0.670. The van der Waals surface area contributed by atoms with E-state index in [0.717, 1.165) is 57.2 Å². The lowest BCUT2D eigenvalue weighted by atomic mass is 10.2. The Hall–Kier alpha value is -2.59. The molecule has 0 aliphatic carbocycles. The summed E-state index contributed by atoms with van der Waals surface area (Å²) < 4.78 is 38.7. The highest BCUT2D eigenvalue weighted by Gasteiger charge is 2.33. The molecule has 2 N–H and O–H groups in total. The van der Waals surface area contributed by atoms with Crippen LogP contribution < -0.4 is 15.5 Å². The SMILES string of the molecule is O=C(NCCCN1CCN(c2ncccn2)CC1)Nc1ccc(Cl)c(C(F)(F)F)c1. The van der Waals surface area contributed by atoms with E-state index < -0.39 is 22.8 Å². The van der Waals surface area contributed by atoms with Gasteiger partial charge in [0.05, 0.1) is 10.6 Å². The summed E-state index contributed by atoms with van der Waals surface area (Å²) in [6, 6.07) is 4.48. The Morgan fingerprint density at radius 2 is 1.83 bits per heavy atom. The van der Waals surface area contributed by atoms with Gasteiger partial charge in [-0.2, -0.15) is 13.2 Å². The number of rotatable bonds is 6. The fraction of sp³-hybridized carbons (Fsp3) is 0.421. The van der Waals surface area contributed by atoms with E-state index in [4.69, 9.17) is 11.6 Å². The minimum Gasteiger partial charge on any atom is -0.338 e. The van der Waals surface area contributed by atoms with Gasteiger partial charge in [0, 0.05) is 50.8 Å². The second-order valence-electron chi connectivity index (χ2n) is 6.80. The van der Waals surface area contributed by atoms with E-state index in [1.165, 1.54) is 6.07 Å². The van der Waals surface area contributed by atoms with E-state index in [9.17, 15) is 18.0 Å². The number of carbonyl (C=O) groups is 1. The molecule has 2 amide bonds. The molecule has 1 aliphatic heterocycles. The zero-order chi connectivity index (χ0) is 21.6. The number of nitrogens with zero attached hydrogens (tertiary/aromatic N) is 4. The molecule has 11 heteroatoms. The van der Waals surface area contributed by atoms with Crippen molar-refractivity contribution in [2.45, 2.75) is 12.6 Å². The van der Waals surface area contributed by atoms with Crippen LogP contribution in [-0.2, 0) is 6.18 Å². The van der Waals surface area contributed by atoms with Gasteiger partial charge in [0.25, 0.3) is 0 Å². The van der Waals surface area contributed by atoms with E-state index in [2.05, 4.69) is 30.4 Å². The van der Waals surface area contributed by atoms with Crippen molar-refractivity contribution in [3.63, 3.8) is 0 Å². The van der Waals surface area contributed by atoms with Crippen LogP contribution in [0, 0.1) is 0 Å². The van der Waals surface area contributed by atoms with Crippen molar-refractivity contribution in [3.8, 4) is 0 Å². The van der Waals surface area contributed by atoms with Crippen molar-refractivity contribution in [1.29, 1.82) is 0 Å². The first kappa shape index (κ1) is 22.1. The molecule has 1 saturated heterocycles. The molecule has 1 fully saturated rings. The number of alkyl halides is 3. The number of urea groups is 1. The number of anilines is 2. The summed E-state index contributed by atoms with van der Waals surface area (Å²) in [4.78, 5) is 24.9. The molecule has 0 bridgehead atoms. The van der Waals surface area contributed by atoms with E-state index in [0.29, 0.717) is 6.54 Å². The minimum atomic E-state index is -4.58. The summed E-state index contributed by atoms with van der Waals surface area (Å²) in [6.45, 7) is 4.62. The van der Waals surface area contributed by atoms with Crippen molar-refractivity contribution in [1.82, 2.24) is 20.2 Å². The molecule has 30 heavy (non-hydrogen) atoms. The van der Waals surface area contributed by atoms with Crippen LogP contribution in [0.2, 0.25) is 5.02 Å². The third-order valence-electron chi connectivity index (χ3n) is 4.67. The molecule has 3 rings (SSSR count). The number of halogens is 4. The summed E-state index contributed by atoms with van der Waals surface area (Å²) >= 11 is 5.57. The zero-order valence-electron chi connectivity index (χ0n) is 16.1. The van der Waals surface area contributed by atoms with E-state index in [1.807, 2.05) is 0 Å². The van der Waals surface area contributed by atoms with Gasteiger partial charge in [-0.05, 0) is 37.2 Å². The molecule has 7 nitrogen and oxygen atoms in total. The highest BCUT2D eigenvalue weighted by molar-refractivity contribution is 6.31. The predicted octanol–water partition coefficient (Wildman–Crippen LogP) is 3.48. The van der Waals surface area contributed by atoms with Gasteiger partial charge in [0.1, 0.15) is 0 Å². The van der Waals surface area contributed by atoms with Gasteiger partial charge >= 0.3 is 12.2 Å². The molecule has 1 aromatic heterocycles. The van der Waals surface area contributed by atoms with Gasteiger partial charge in [-0.15, -0.1) is 0 Å². The molecule has 162 valence electrons. The normalized spacial score (nSPS) is 15.1. The Kier molecular flexibility index (Phi) is 7.33. The van der Waals surface area contributed by atoms with Gasteiger partial charge in [0.15, 0.2) is 0 Å². The molecule has 0 spiro atoms. The number of amides is 2. The van der Waals surface area contributed by atoms with Crippen molar-refractivity contribution >= 4 is 29.3 Å². The summed E-state index contributed by atoms with van der Waals surface area (Å²) in [5.41, 5.74) is -0.953. The number of benzene rings is 1. The number of aromatic nitrogens is 2. The summed E-state index contributed by atoms with van der Waals surface area (Å²) in [6.07, 6.45) is -0.412. The van der Waals surface area contributed by atoms with Crippen molar-refractivity contribution in [2.24, 2.45) is 0 Å². The standard InChI is InChI=1S/C19H22ClF3N6O/c20-16-4-3-14(13-15(16)19(21,22)23)27-18(30)26-7-2-8-28-9-11-29(12-10-28)17-24-5-1-6-25-17/h1,3-6,13H,2,7-12H2,(H2,26,27,30). The van der Waals surface area contributed by atoms with E-state index in [1.54, 1.807) is 18.5 Å². The molecule has 0 unspecified atom stereocenters. The first-order valence-corrected chi connectivity index (χ1v) is 9.86. The maximum Gasteiger partial charge on any atom is 0.417 e. The highest BCUT2D eigenvalue weighted by atomic mass is 35.5. The Bertz CT molecular complexity index is 844. The first-order valence-electron chi connectivity index (χ1n) is 9.49. The summed E-state index contributed by atoms with van der Waals surface area (Å²) in [5, 5.41) is 4.65. The van der Waals surface area contributed by atoms with Gasteiger partial charge in [-0.3, -0.25) is 4.90 Å². The maximum atomic E-state index is 12.9. The molecule has 0 atom stereocenters. The molecule has 0 saturated carbocycles. The summed E-state index contributed by atoms with van der Waals surface area (Å²) in [7, 11) is 0. The van der Waals surface area contributed by atoms with Crippen LogP contribution in [0.5, 0.6) is 0 Å². The van der Waals surface area contributed by atoms with E-state index >= 15 is 0 Å². The first-order chi connectivity index (χ1) is 14.3. The van der Waals surface area contributed by atoms with Crippen LogP contribution in [0.3, 0.4) is 0 Å². The van der Waals surface area contributed by atoms with Gasteiger partial charge in [-0.1, -0.05) is 11.6 Å². The Morgan fingerprint density at radius 1 is 1.13 bits per heavy atom. The molecule has 1 aliphatic rings. The average Bonchev–Trinajstić information content (AvgIpc) is 2.73. The zero-order valence-corrected chi connectivity index (χ0v) is 16.9. The van der Waals surface area contributed by atoms with Gasteiger partial charge in [-0.25, -0.2) is 14.8 Å². The molecular formula is C19H22ClF3N6O. The lowest BCUT2D eigenvalue weighted by molar-refractivity contribution is -0.137. The van der Waals surface area contributed by atoms with Crippen LogP contribution in [-0.4, -0.2) is 60.2 Å². The second-order valence-corrected chi connectivity index (χ2v) is 7.21. The van der Waals surface area contributed by atoms with Crippen molar-refractivity contribution in [3.05, 3.63) is 47.2 Å². The number of hydrogen-bond donors (Lipinski definition) is 2. The fourth-order valence-electron chi connectivity index (χ4n) is 3.13. The predicted molar refractivity (Wildman–Crippen MR) is 109 cm³/mol. The number of nitrogens with one attached hydrogen (secondary N) is 2. The third kappa shape index (κ3) is 6.20. The van der Waals surface area contributed by atoms with E-state index in [-0.39, 0.29) is 5.69 Å². The van der Waals surface area contributed by atoms with Crippen LogP contribution in [0.1, 0.15) is 12.0 Å². The lowest BCUT2D eigenvalue weighted by Gasteiger charge is -2.34. The van der Waals surface area contributed by atoms with Gasteiger partial charge in [0.2, 0.25) is 5.95 Å². The third-order valence-corrected chi connectivity index (χ3v) is 5.00. The molecule has 1 aromatic carbocycles. The lowest BCUT2D eigenvalue weighted by Crippen LogP contribution is -2.47. The average molecular weight is 443 g/mol. The topological polar surface area (TPSA) is 73.4 Å². The Morgan fingerprint density at radius 3 is 2.50 bits per heavy atom. The number of piperazine rings is 1. The molecule has 0 radical (unpaired) electrons. The Labute approximate surface area is 177 Å². The second kappa shape index (κ2) is 9.94. The number of hydrogen-bond acceptors (Lipinski definition) is 5. The minimum absolute atomic E-state index is 0.0310. The van der Waals surface area contributed by atoms with Crippen molar-refractivity contribution < 1.29 is 18.0 Å². The van der Waals surface area contributed by atoms with Crippen LogP contribution in [0.25, 0.3) is 0 Å². The molecular weight excluding hydrogens is 421 g/mol. The number of carbonyl (C=O) groups excluding carboxylic acids is 1. The molecule has 2 heterocycles. The monoisotopic (exact) mass is 442 g/mol. The van der Waals surface area contributed by atoms with Crippen LogP contribution in [0.4, 0.5) is 29.6 Å². The van der Waals surface area contributed by atoms with Crippen LogP contribution in [0.15, 0.2) is 36.7 Å². The maximum absolute atomic E-state index is 12.9. The Balaban J connectivity index is 1.36. The van der Waals surface area contributed by atoms with Gasteiger partial charge < -0.3 is 15.5 Å². The smallest absolute Gasteiger partial charge is 0.338 e. The summed E-state index contributed by atoms with van der Waals surface area (Å²) in [5.74, 6) is 0.728.